The SMILES string of the molecule is COCCN1C(=O)C(=Cc2ccc(OCc3ccccc3C#N)cc2)SC1=Nc1ccccc1. The lowest BCUT2D eigenvalue weighted by Gasteiger charge is -2.14. The number of hydrogen-bond donors (Lipinski definition) is 0. The van der Waals surface area contributed by atoms with Crippen molar-refractivity contribution in [1.29, 1.82) is 5.26 Å². The van der Waals surface area contributed by atoms with E-state index in [1.165, 1.54) is 11.8 Å². The minimum absolute atomic E-state index is 0.0924. The molecule has 6 nitrogen and oxygen atoms in total. The van der Waals surface area contributed by atoms with Gasteiger partial charge in [-0.2, -0.15) is 5.26 Å². The molecule has 1 heterocycles. The number of nitriles is 1. The van der Waals surface area contributed by atoms with Gasteiger partial charge in [0.15, 0.2) is 5.17 Å². The first kappa shape index (κ1) is 23.3. The van der Waals surface area contributed by atoms with Crippen molar-refractivity contribution in [3.05, 3.63) is 100 Å². The van der Waals surface area contributed by atoms with E-state index in [1.54, 1.807) is 18.1 Å². The number of aliphatic imine (C=N–C) groups is 1. The molecular weight excluding hydrogens is 446 g/mol. The minimum Gasteiger partial charge on any atom is -0.489 e. The van der Waals surface area contributed by atoms with Gasteiger partial charge in [-0.1, -0.05) is 48.5 Å². The highest BCUT2D eigenvalue weighted by Gasteiger charge is 2.33. The standard InChI is InChI=1S/C27H23N3O3S/c1-32-16-15-30-26(31)25(34-27(30)29-23-9-3-2-4-10-23)17-20-11-13-24(14-12-20)33-19-22-8-6-5-7-21(22)18-28/h2-14,17H,15-16,19H2,1H3. The Balaban J connectivity index is 1.48. The molecule has 0 aliphatic carbocycles. The van der Waals surface area contributed by atoms with Gasteiger partial charge in [0.05, 0.1) is 35.4 Å². The second kappa shape index (κ2) is 11.3. The molecule has 0 unspecified atom stereocenters. The number of carbonyl (C=O) groups is 1. The van der Waals surface area contributed by atoms with Crippen molar-refractivity contribution >= 4 is 34.6 Å². The van der Waals surface area contributed by atoms with Crippen LogP contribution in [0.3, 0.4) is 0 Å². The largest absolute Gasteiger partial charge is 0.489 e. The second-order valence-electron chi connectivity index (χ2n) is 7.42. The molecule has 1 aliphatic rings. The number of methoxy groups -OCH3 is 1. The first-order valence-corrected chi connectivity index (χ1v) is 11.5. The number of para-hydroxylation sites is 1. The van der Waals surface area contributed by atoms with Crippen LogP contribution in [0.5, 0.6) is 5.75 Å². The Morgan fingerprint density at radius 1 is 1.03 bits per heavy atom. The van der Waals surface area contributed by atoms with E-state index in [-0.39, 0.29) is 5.91 Å². The predicted molar refractivity (Wildman–Crippen MR) is 135 cm³/mol. The normalized spacial score (nSPS) is 15.6. The molecule has 3 aromatic carbocycles. The van der Waals surface area contributed by atoms with Crippen molar-refractivity contribution in [1.82, 2.24) is 4.90 Å². The highest BCUT2D eigenvalue weighted by molar-refractivity contribution is 8.18. The van der Waals surface area contributed by atoms with E-state index in [0.717, 1.165) is 16.8 Å². The Labute approximate surface area is 203 Å². The van der Waals surface area contributed by atoms with Crippen LogP contribution in [-0.4, -0.2) is 36.2 Å². The summed E-state index contributed by atoms with van der Waals surface area (Å²) in [4.78, 5) is 20.0. The van der Waals surface area contributed by atoms with Crippen LogP contribution in [0.2, 0.25) is 0 Å². The van der Waals surface area contributed by atoms with Crippen molar-refractivity contribution in [2.24, 2.45) is 4.99 Å². The molecule has 0 atom stereocenters. The lowest BCUT2D eigenvalue weighted by Crippen LogP contribution is -2.32. The zero-order chi connectivity index (χ0) is 23.8. The Kier molecular flexibility index (Phi) is 7.76. The van der Waals surface area contributed by atoms with Crippen LogP contribution in [-0.2, 0) is 16.1 Å². The molecule has 1 amide bonds. The summed E-state index contributed by atoms with van der Waals surface area (Å²) in [6, 6.07) is 26.6. The Morgan fingerprint density at radius 3 is 2.50 bits per heavy atom. The fourth-order valence-corrected chi connectivity index (χ4v) is 4.34. The fourth-order valence-electron chi connectivity index (χ4n) is 3.31. The molecule has 1 aliphatic heterocycles. The van der Waals surface area contributed by atoms with Crippen LogP contribution in [0.1, 0.15) is 16.7 Å². The lowest BCUT2D eigenvalue weighted by atomic mass is 10.1. The van der Waals surface area contributed by atoms with Gasteiger partial charge >= 0.3 is 0 Å². The maximum absolute atomic E-state index is 13.1. The summed E-state index contributed by atoms with van der Waals surface area (Å²) in [6.45, 7) is 1.17. The maximum Gasteiger partial charge on any atom is 0.266 e. The summed E-state index contributed by atoms with van der Waals surface area (Å²) in [5.74, 6) is 0.596. The van der Waals surface area contributed by atoms with Gasteiger partial charge in [-0.25, -0.2) is 4.99 Å². The van der Waals surface area contributed by atoms with Gasteiger partial charge in [0.1, 0.15) is 12.4 Å². The van der Waals surface area contributed by atoms with E-state index in [2.05, 4.69) is 11.1 Å². The molecule has 0 N–H and O–H groups in total. The number of thioether (sulfide) groups is 1. The van der Waals surface area contributed by atoms with Crippen LogP contribution in [0.25, 0.3) is 6.08 Å². The molecule has 34 heavy (non-hydrogen) atoms. The van der Waals surface area contributed by atoms with Crippen LogP contribution < -0.4 is 4.74 Å². The number of hydrogen-bond acceptors (Lipinski definition) is 6. The van der Waals surface area contributed by atoms with E-state index in [1.807, 2.05) is 78.9 Å². The molecule has 0 saturated carbocycles. The number of rotatable bonds is 8. The topological polar surface area (TPSA) is 74.9 Å². The van der Waals surface area contributed by atoms with Crippen molar-refractivity contribution in [2.75, 3.05) is 20.3 Å². The summed E-state index contributed by atoms with van der Waals surface area (Å²) in [5, 5.41) is 9.85. The first-order chi connectivity index (χ1) is 16.7. The van der Waals surface area contributed by atoms with Gasteiger partial charge in [-0.15, -0.1) is 0 Å². The Morgan fingerprint density at radius 2 is 1.76 bits per heavy atom. The van der Waals surface area contributed by atoms with E-state index in [0.29, 0.717) is 41.1 Å². The van der Waals surface area contributed by atoms with Gasteiger partial charge in [-0.3, -0.25) is 9.69 Å². The van der Waals surface area contributed by atoms with E-state index in [4.69, 9.17) is 9.47 Å². The summed E-state index contributed by atoms with van der Waals surface area (Å²) in [6.07, 6.45) is 1.86. The first-order valence-electron chi connectivity index (χ1n) is 10.7. The molecule has 1 saturated heterocycles. The van der Waals surface area contributed by atoms with Gasteiger partial charge in [-0.05, 0) is 53.7 Å². The number of carbonyl (C=O) groups excluding carboxylic acids is 1. The molecule has 7 heteroatoms. The highest BCUT2D eigenvalue weighted by Crippen LogP contribution is 2.34. The van der Waals surface area contributed by atoms with Crippen LogP contribution in [0.4, 0.5) is 5.69 Å². The smallest absolute Gasteiger partial charge is 0.266 e. The molecule has 170 valence electrons. The summed E-state index contributed by atoms with van der Waals surface area (Å²) in [5.41, 5.74) is 3.12. The molecular formula is C27H23N3O3S. The van der Waals surface area contributed by atoms with E-state index in [9.17, 15) is 10.1 Å². The lowest BCUT2D eigenvalue weighted by molar-refractivity contribution is -0.122. The minimum atomic E-state index is -0.0924. The van der Waals surface area contributed by atoms with E-state index < -0.39 is 0 Å². The number of ether oxygens (including phenoxy) is 2. The number of amides is 1. The van der Waals surface area contributed by atoms with Crippen molar-refractivity contribution in [2.45, 2.75) is 6.61 Å². The van der Waals surface area contributed by atoms with Crippen LogP contribution >= 0.6 is 11.8 Å². The molecule has 4 rings (SSSR count). The third kappa shape index (κ3) is 5.73. The van der Waals surface area contributed by atoms with Gasteiger partial charge in [0.25, 0.3) is 5.91 Å². The average molecular weight is 470 g/mol. The third-order valence-corrected chi connectivity index (χ3v) is 6.10. The monoisotopic (exact) mass is 469 g/mol. The zero-order valence-corrected chi connectivity index (χ0v) is 19.5. The zero-order valence-electron chi connectivity index (χ0n) is 18.7. The van der Waals surface area contributed by atoms with Crippen LogP contribution in [0, 0.1) is 11.3 Å². The number of amidine groups is 1. The number of nitrogens with zero attached hydrogens (tertiary/aromatic N) is 3. The summed E-state index contributed by atoms with van der Waals surface area (Å²) < 4.78 is 11.0. The van der Waals surface area contributed by atoms with Crippen molar-refractivity contribution in [3.63, 3.8) is 0 Å². The second-order valence-corrected chi connectivity index (χ2v) is 8.43. The molecule has 0 spiro atoms. The van der Waals surface area contributed by atoms with Crippen molar-refractivity contribution in [3.8, 4) is 11.8 Å². The molecule has 0 aromatic heterocycles. The van der Waals surface area contributed by atoms with Crippen LogP contribution in [0.15, 0.2) is 88.8 Å². The van der Waals surface area contributed by atoms with Crippen molar-refractivity contribution < 1.29 is 14.3 Å². The Bertz CT molecular complexity index is 1250. The quantitative estimate of drug-likeness (QED) is 0.414. The summed E-state index contributed by atoms with van der Waals surface area (Å²) >= 11 is 1.35. The number of benzene rings is 3. The molecule has 0 bridgehead atoms. The highest BCUT2D eigenvalue weighted by atomic mass is 32.2. The van der Waals surface area contributed by atoms with Gasteiger partial charge in [0.2, 0.25) is 0 Å². The third-order valence-electron chi connectivity index (χ3n) is 5.10. The molecule has 1 fully saturated rings. The average Bonchev–Trinajstić information content (AvgIpc) is 3.16. The van der Waals surface area contributed by atoms with Gasteiger partial charge < -0.3 is 9.47 Å². The van der Waals surface area contributed by atoms with E-state index >= 15 is 0 Å². The maximum atomic E-state index is 13.1. The molecule has 0 radical (unpaired) electrons. The Hall–Kier alpha value is -3.86. The van der Waals surface area contributed by atoms with Gasteiger partial charge in [0, 0.05) is 12.7 Å². The summed E-state index contributed by atoms with van der Waals surface area (Å²) in [7, 11) is 1.61. The predicted octanol–water partition coefficient (Wildman–Crippen LogP) is 5.39. The fraction of sp³-hybridized carbons (Fsp3) is 0.148. The molecule has 3 aromatic rings.